The van der Waals surface area contributed by atoms with Gasteiger partial charge in [0, 0.05) is 18.0 Å². The van der Waals surface area contributed by atoms with Crippen molar-refractivity contribution in [1.82, 2.24) is 4.98 Å². The van der Waals surface area contributed by atoms with Gasteiger partial charge >= 0.3 is 5.97 Å². The van der Waals surface area contributed by atoms with Crippen LogP contribution in [-0.4, -0.2) is 23.2 Å². The Morgan fingerprint density at radius 1 is 1.77 bits per heavy atom. The van der Waals surface area contributed by atoms with E-state index in [-0.39, 0.29) is 0 Å². The molecule has 0 aliphatic carbocycles. The minimum absolute atomic E-state index is 0.373. The van der Waals surface area contributed by atoms with Gasteiger partial charge in [-0.25, -0.2) is 0 Å². The van der Waals surface area contributed by atoms with Crippen LogP contribution >= 0.6 is 0 Å². The quantitative estimate of drug-likeness (QED) is 0.696. The highest BCUT2D eigenvalue weighted by molar-refractivity contribution is 5.76. The Morgan fingerprint density at radius 3 is 3.00 bits per heavy atom. The van der Waals surface area contributed by atoms with E-state index in [2.05, 4.69) is 4.98 Å². The van der Waals surface area contributed by atoms with Crippen molar-refractivity contribution < 1.29 is 14.6 Å². The van der Waals surface area contributed by atoms with Crippen LogP contribution in [0.1, 0.15) is 11.6 Å². The topological polar surface area (TPSA) is 85.4 Å². The molecule has 5 heteroatoms. The van der Waals surface area contributed by atoms with Gasteiger partial charge in [0.15, 0.2) is 0 Å². The number of aliphatic carboxylic acids is 1. The zero-order chi connectivity index (χ0) is 9.84. The van der Waals surface area contributed by atoms with Crippen LogP contribution in [0, 0.1) is 0 Å². The average Bonchev–Trinajstić information content (AvgIpc) is 2.16. The Morgan fingerprint density at radius 2 is 2.46 bits per heavy atom. The van der Waals surface area contributed by atoms with Gasteiger partial charge < -0.3 is 15.6 Å². The van der Waals surface area contributed by atoms with E-state index in [0.717, 1.165) is 0 Å². The fourth-order valence-corrected chi connectivity index (χ4v) is 0.946. The van der Waals surface area contributed by atoms with Crippen LogP contribution in [-0.2, 0) is 4.79 Å². The van der Waals surface area contributed by atoms with Crippen LogP contribution in [0.3, 0.4) is 0 Å². The second kappa shape index (κ2) is 3.86. The molecule has 0 bridgehead atoms. The number of hydrogen-bond acceptors (Lipinski definition) is 4. The highest BCUT2D eigenvalue weighted by Crippen LogP contribution is 2.21. The number of ether oxygens (including phenoxy) is 1. The Balaban J connectivity index is 3.05. The molecule has 0 amide bonds. The lowest BCUT2D eigenvalue weighted by molar-refractivity contribution is -0.138. The number of methoxy groups -OCH3 is 1. The highest BCUT2D eigenvalue weighted by Gasteiger charge is 2.18. The summed E-state index contributed by atoms with van der Waals surface area (Å²) in [7, 11) is 1.45. The van der Waals surface area contributed by atoms with Crippen molar-refractivity contribution in [3.05, 3.63) is 24.0 Å². The normalized spacial score (nSPS) is 12.2. The number of nitrogens with zero attached hydrogens (tertiary/aromatic N) is 1. The molecule has 1 aromatic heterocycles. The predicted molar refractivity (Wildman–Crippen MR) is 45.4 cm³/mol. The summed E-state index contributed by atoms with van der Waals surface area (Å²) in [6.45, 7) is 0. The molecule has 70 valence electrons. The Bertz CT molecular complexity index is 314. The molecule has 0 spiro atoms. The summed E-state index contributed by atoms with van der Waals surface area (Å²) in [5.74, 6) is -0.670. The Labute approximate surface area is 75.2 Å². The molecule has 0 radical (unpaired) electrons. The number of nitrogens with two attached hydrogens (primary N) is 1. The molecule has 1 heterocycles. The molecule has 0 aromatic carbocycles. The van der Waals surface area contributed by atoms with Crippen molar-refractivity contribution in [2.24, 2.45) is 5.73 Å². The van der Waals surface area contributed by atoms with E-state index in [1.165, 1.54) is 19.5 Å². The third-order valence-electron chi connectivity index (χ3n) is 1.63. The molecule has 0 aliphatic rings. The molecule has 0 saturated heterocycles. The molecule has 0 aliphatic heterocycles. The number of pyridine rings is 1. The zero-order valence-electron chi connectivity index (χ0n) is 7.10. The number of carbonyl (C=O) groups is 1. The molecule has 3 N–H and O–H groups in total. The van der Waals surface area contributed by atoms with Gasteiger partial charge in [0.2, 0.25) is 0 Å². The SMILES string of the molecule is COc1ccncc1C(N)C(=O)O. The molecule has 1 rings (SSSR count). The van der Waals surface area contributed by atoms with Crippen molar-refractivity contribution in [2.75, 3.05) is 7.11 Å². The van der Waals surface area contributed by atoms with E-state index in [4.69, 9.17) is 15.6 Å². The lowest BCUT2D eigenvalue weighted by atomic mass is 10.1. The highest BCUT2D eigenvalue weighted by atomic mass is 16.5. The maximum atomic E-state index is 10.6. The first-order chi connectivity index (χ1) is 6.16. The Hall–Kier alpha value is -1.62. The summed E-state index contributed by atoms with van der Waals surface area (Å²) in [5.41, 5.74) is 5.77. The number of rotatable bonds is 3. The first kappa shape index (κ1) is 9.47. The summed E-state index contributed by atoms with van der Waals surface area (Å²) < 4.78 is 4.93. The summed E-state index contributed by atoms with van der Waals surface area (Å²) >= 11 is 0. The first-order valence-electron chi connectivity index (χ1n) is 3.63. The molecule has 0 saturated carbocycles. The van der Waals surface area contributed by atoms with Crippen LogP contribution < -0.4 is 10.5 Å². The van der Waals surface area contributed by atoms with E-state index >= 15 is 0 Å². The van der Waals surface area contributed by atoms with Gasteiger partial charge in [-0.2, -0.15) is 0 Å². The molecular formula is C8H10N2O3. The van der Waals surface area contributed by atoms with Crippen LogP contribution in [0.25, 0.3) is 0 Å². The molecule has 5 nitrogen and oxygen atoms in total. The molecule has 0 fully saturated rings. The molecule has 1 aromatic rings. The van der Waals surface area contributed by atoms with E-state index in [0.29, 0.717) is 11.3 Å². The first-order valence-corrected chi connectivity index (χ1v) is 3.63. The number of aromatic nitrogens is 1. The Kier molecular flexibility index (Phi) is 2.81. The van der Waals surface area contributed by atoms with Crippen LogP contribution in [0.15, 0.2) is 18.5 Å². The monoisotopic (exact) mass is 182 g/mol. The minimum atomic E-state index is -1.11. The minimum Gasteiger partial charge on any atom is -0.496 e. The summed E-state index contributed by atoms with van der Waals surface area (Å²) in [6, 6.07) is 0.474. The predicted octanol–water partition coefficient (Wildman–Crippen LogP) is 0.175. The van der Waals surface area contributed by atoms with Gasteiger partial charge in [-0.15, -0.1) is 0 Å². The third kappa shape index (κ3) is 1.94. The number of hydrogen-bond donors (Lipinski definition) is 2. The van der Waals surface area contributed by atoms with Crippen molar-refractivity contribution in [2.45, 2.75) is 6.04 Å². The molecule has 1 atom stereocenters. The average molecular weight is 182 g/mol. The van der Waals surface area contributed by atoms with Gasteiger partial charge in [0.1, 0.15) is 11.8 Å². The lowest BCUT2D eigenvalue weighted by Crippen LogP contribution is -2.21. The third-order valence-corrected chi connectivity index (χ3v) is 1.63. The van der Waals surface area contributed by atoms with Crippen LogP contribution in [0.2, 0.25) is 0 Å². The standard InChI is InChI=1S/C8H10N2O3/c1-13-6-2-3-10-4-5(6)7(9)8(11)12/h2-4,7H,9H2,1H3,(H,11,12). The van der Waals surface area contributed by atoms with Crippen LogP contribution in [0.4, 0.5) is 0 Å². The van der Waals surface area contributed by atoms with Crippen molar-refractivity contribution in [1.29, 1.82) is 0 Å². The summed E-state index contributed by atoms with van der Waals surface area (Å²) in [6.07, 6.45) is 2.90. The second-order valence-corrected chi connectivity index (χ2v) is 2.43. The van der Waals surface area contributed by atoms with E-state index in [1.807, 2.05) is 0 Å². The molecule has 1 unspecified atom stereocenters. The van der Waals surface area contributed by atoms with Gasteiger partial charge in [-0.3, -0.25) is 9.78 Å². The summed E-state index contributed by atoms with van der Waals surface area (Å²) in [5, 5.41) is 8.65. The zero-order valence-corrected chi connectivity index (χ0v) is 7.10. The maximum absolute atomic E-state index is 10.6. The van der Waals surface area contributed by atoms with Gasteiger partial charge in [0.05, 0.1) is 7.11 Å². The van der Waals surface area contributed by atoms with E-state index in [1.54, 1.807) is 6.07 Å². The lowest BCUT2D eigenvalue weighted by Gasteiger charge is -2.10. The van der Waals surface area contributed by atoms with Crippen molar-refractivity contribution in [3.8, 4) is 5.75 Å². The van der Waals surface area contributed by atoms with Gasteiger partial charge in [-0.1, -0.05) is 0 Å². The van der Waals surface area contributed by atoms with Crippen molar-refractivity contribution in [3.63, 3.8) is 0 Å². The fourth-order valence-electron chi connectivity index (χ4n) is 0.946. The largest absolute Gasteiger partial charge is 0.496 e. The maximum Gasteiger partial charge on any atom is 0.325 e. The number of carboxylic acid groups (broad SMARTS) is 1. The summed E-state index contributed by atoms with van der Waals surface area (Å²) in [4.78, 5) is 14.3. The van der Waals surface area contributed by atoms with Gasteiger partial charge in [-0.05, 0) is 6.07 Å². The second-order valence-electron chi connectivity index (χ2n) is 2.43. The molecule has 13 heavy (non-hydrogen) atoms. The van der Waals surface area contributed by atoms with Gasteiger partial charge in [0.25, 0.3) is 0 Å². The number of carboxylic acids is 1. The smallest absolute Gasteiger partial charge is 0.325 e. The fraction of sp³-hybridized carbons (Fsp3) is 0.250. The molecular weight excluding hydrogens is 172 g/mol. The van der Waals surface area contributed by atoms with E-state index in [9.17, 15) is 4.79 Å². The van der Waals surface area contributed by atoms with E-state index < -0.39 is 12.0 Å². The van der Waals surface area contributed by atoms with Crippen molar-refractivity contribution >= 4 is 5.97 Å². The van der Waals surface area contributed by atoms with Crippen LogP contribution in [0.5, 0.6) is 5.75 Å².